The van der Waals surface area contributed by atoms with Crippen LogP contribution in [0, 0.1) is 0 Å². The van der Waals surface area contributed by atoms with Gasteiger partial charge in [0, 0.05) is 34.9 Å². The fourth-order valence-electron chi connectivity index (χ4n) is 3.99. The summed E-state index contributed by atoms with van der Waals surface area (Å²) in [5.74, 6) is -0.519. The van der Waals surface area contributed by atoms with Gasteiger partial charge in [0.25, 0.3) is 5.91 Å². The molecule has 5 heteroatoms. The summed E-state index contributed by atoms with van der Waals surface area (Å²) in [6.45, 7) is 0.344. The van der Waals surface area contributed by atoms with Crippen molar-refractivity contribution in [2.24, 2.45) is 0 Å². The number of carbonyl (C=O) groups excluding carboxylic acids is 1. The molecule has 31 heavy (non-hydrogen) atoms. The maximum absolute atomic E-state index is 12.9. The second-order valence-corrected chi connectivity index (χ2v) is 7.45. The van der Waals surface area contributed by atoms with Gasteiger partial charge in [-0.15, -0.1) is 0 Å². The zero-order valence-electron chi connectivity index (χ0n) is 16.7. The average molecular weight is 408 g/mol. The Bertz CT molecular complexity index is 1430. The fraction of sp³-hybridized carbons (Fsp3) is 0.0769. The van der Waals surface area contributed by atoms with Gasteiger partial charge in [0.1, 0.15) is 11.1 Å². The molecule has 5 aromatic rings. The van der Waals surface area contributed by atoms with Crippen LogP contribution in [0.15, 0.2) is 100 Å². The van der Waals surface area contributed by atoms with Crippen molar-refractivity contribution in [2.45, 2.75) is 5.92 Å². The zero-order valence-corrected chi connectivity index (χ0v) is 16.7. The van der Waals surface area contributed by atoms with E-state index >= 15 is 0 Å². The molecule has 152 valence electrons. The van der Waals surface area contributed by atoms with Gasteiger partial charge >= 0.3 is 5.63 Å². The minimum absolute atomic E-state index is 0.00411. The third kappa shape index (κ3) is 3.62. The van der Waals surface area contributed by atoms with Gasteiger partial charge in [0.15, 0.2) is 0 Å². The van der Waals surface area contributed by atoms with E-state index in [0.29, 0.717) is 17.5 Å². The van der Waals surface area contributed by atoms with Gasteiger partial charge in [0.2, 0.25) is 0 Å². The molecule has 0 saturated heterocycles. The molecule has 0 unspecified atom stereocenters. The smallest absolute Gasteiger partial charge is 0.349 e. The quantitative estimate of drug-likeness (QED) is 0.409. The van der Waals surface area contributed by atoms with Crippen molar-refractivity contribution >= 4 is 27.8 Å². The monoisotopic (exact) mass is 408 g/mol. The molecule has 2 heterocycles. The molecule has 5 nitrogen and oxygen atoms in total. The second-order valence-electron chi connectivity index (χ2n) is 7.45. The highest BCUT2D eigenvalue weighted by Crippen LogP contribution is 2.30. The number of carbonyl (C=O) groups is 1. The van der Waals surface area contributed by atoms with Gasteiger partial charge in [-0.25, -0.2) is 4.79 Å². The van der Waals surface area contributed by atoms with E-state index in [1.54, 1.807) is 18.2 Å². The molecule has 0 radical (unpaired) electrons. The standard InChI is InChI=1S/C26H20N2O3/c29-25(20-14-18-10-4-7-13-24(18)31-26(20)30)28-15-21(17-8-2-1-3-9-17)22-16-27-23-12-6-5-11-19(22)23/h1-14,16,21,27H,15H2,(H,28,29)/t21-/m0/s1. The topological polar surface area (TPSA) is 75.1 Å². The SMILES string of the molecule is O=C(NC[C@@H](c1ccccc1)c1c[nH]c2ccccc12)c1cc2ccccc2oc1=O. The molecular weight excluding hydrogens is 388 g/mol. The normalized spacial score (nSPS) is 12.1. The molecule has 3 aromatic carbocycles. The molecule has 5 rings (SSSR count). The van der Waals surface area contributed by atoms with Gasteiger partial charge in [-0.3, -0.25) is 4.79 Å². The summed E-state index contributed by atoms with van der Waals surface area (Å²) >= 11 is 0. The second kappa shape index (κ2) is 7.95. The van der Waals surface area contributed by atoms with Crippen molar-refractivity contribution in [1.82, 2.24) is 10.3 Å². The van der Waals surface area contributed by atoms with E-state index in [9.17, 15) is 9.59 Å². The molecule has 0 bridgehead atoms. The summed E-state index contributed by atoms with van der Waals surface area (Å²) in [5, 5.41) is 4.76. The fourth-order valence-corrected chi connectivity index (χ4v) is 3.99. The molecule has 0 aliphatic carbocycles. The average Bonchev–Trinajstić information content (AvgIpc) is 3.23. The van der Waals surface area contributed by atoms with E-state index in [1.165, 1.54) is 0 Å². The molecule has 1 atom stereocenters. The Labute approximate surface area is 178 Å². The highest BCUT2D eigenvalue weighted by atomic mass is 16.4. The predicted octanol–water partition coefficient (Wildman–Crippen LogP) is 4.84. The number of amides is 1. The van der Waals surface area contributed by atoms with Crippen LogP contribution in [0.2, 0.25) is 0 Å². The van der Waals surface area contributed by atoms with E-state index < -0.39 is 11.5 Å². The summed E-state index contributed by atoms with van der Waals surface area (Å²) in [7, 11) is 0. The van der Waals surface area contributed by atoms with E-state index in [0.717, 1.165) is 22.0 Å². The predicted molar refractivity (Wildman–Crippen MR) is 121 cm³/mol. The Morgan fingerprint density at radius 1 is 0.935 bits per heavy atom. The highest BCUT2D eigenvalue weighted by Gasteiger charge is 2.20. The number of aromatic amines is 1. The van der Waals surface area contributed by atoms with Crippen molar-refractivity contribution in [3.8, 4) is 0 Å². The van der Waals surface area contributed by atoms with Crippen LogP contribution in [0.3, 0.4) is 0 Å². The first-order valence-electron chi connectivity index (χ1n) is 10.1. The van der Waals surface area contributed by atoms with Gasteiger partial charge in [-0.1, -0.05) is 66.7 Å². The lowest BCUT2D eigenvalue weighted by atomic mass is 9.91. The summed E-state index contributed by atoms with van der Waals surface area (Å²) in [6, 6.07) is 26.8. The maximum Gasteiger partial charge on any atom is 0.349 e. The summed E-state index contributed by atoms with van der Waals surface area (Å²) in [6.07, 6.45) is 1.98. The number of para-hydroxylation sites is 2. The third-order valence-electron chi connectivity index (χ3n) is 5.55. The van der Waals surface area contributed by atoms with Crippen molar-refractivity contribution in [3.05, 3.63) is 118 Å². The summed E-state index contributed by atoms with van der Waals surface area (Å²) in [5.41, 5.74) is 3.04. The van der Waals surface area contributed by atoms with Crippen LogP contribution in [-0.4, -0.2) is 17.4 Å². The molecule has 0 spiro atoms. The molecule has 0 fully saturated rings. The van der Waals surface area contributed by atoms with Crippen molar-refractivity contribution in [2.75, 3.05) is 6.54 Å². The van der Waals surface area contributed by atoms with Crippen LogP contribution in [0.5, 0.6) is 0 Å². The Hall–Kier alpha value is -4.12. The first kappa shape index (κ1) is 18.9. The van der Waals surface area contributed by atoms with Crippen LogP contribution in [0.25, 0.3) is 21.9 Å². The Morgan fingerprint density at radius 3 is 2.55 bits per heavy atom. The molecular formula is C26H20N2O3. The van der Waals surface area contributed by atoms with E-state index in [2.05, 4.69) is 16.4 Å². The highest BCUT2D eigenvalue weighted by molar-refractivity contribution is 5.96. The molecule has 0 saturated carbocycles. The van der Waals surface area contributed by atoms with Crippen LogP contribution >= 0.6 is 0 Å². The van der Waals surface area contributed by atoms with Crippen molar-refractivity contribution < 1.29 is 9.21 Å². The first-order chi connectivity index (χ1) is 15.2. The van der Waals surface area contributed by atoms with Gasteiger partial charge in [0.05, 0.1) is 0 Å². The number of fused-ring (bicyclic) bond motifs is 2. The number of aromatic nitrogens is 1. The van der Waals surface area contributed by atoms with Gasteiger partial charge in [-0.05, 0) is 29.3 Å². The first-order valence-corrected chi connectivity index (χ1v) is 10.1. The Morgan fingerprint density at radius 2 is 1.68 bits per heavy atom. The minimum Gasteiger partial charge on any atom is -0.422 e. The maximum atomic E-state index is 12.9. The summed E-state index contributed by atoms with van der Waals surface area (Å²) < 4.78 is 5.31. The van der Waals surface area contributed by atoms with Crippen LogP contribution in [0.4, 0.5) is 0 Å². The van der Waals surface area contributed by atoms with Crippen LogP contribution in [0.1, 0.15) is 27.4 Å². The van der Waals surface area contributed by atoms with Gasteiger partial charge in [-0.2, -0.15) is 0 Å². The number of H-pyrrole nitrogens is 1. The Kier molecular flexibility index (Phi) is 4.84. The number of hydrogen-bond donors (Lipinski definition) is 2. The van der Waals surface area contributed by atoms with Crippen LogP contribution in [-0.2, 0) is 0 Å². The zero-order chi connectivity index (χ0) is 21.2. The van der Waals surface area contributed by atoms with E-state index in [4.69, 9.17) is 4.42 Å². The molecule has 1 amide bonds. The molecule has 2 N–H and O–H groups in total. The lowest BCUT2D eigenvalue weighted by molar-refractivity contribution is 0.0949. The van der Waals surface area contributed by atoms with Gasteiger partial charge < -0.3 is 14.7 Å². The van der Waals surface area contributed by atoms with Crippen molar-refractivity contribution in [3.63, 3.8) is 0 Å². The molecule has 0 aliphatic rings. The largest absolute Gasteiger partial charge is 0.422 e. The third-order valence-corrected chi connectivity index (χ3v) is 5.55. The number of rotatable bonds is 5. The van der Waals surface area contributed by atoms with Crippen LogP contribution < -0.4 is 10.9 Å². The van der Waals surface area contributed by atoms with E-state index in [-0.39, 0.29) is 11.5 Å². The molecule has 2 aromatic heterocycles. The lowest BCUT2D eigenvalue weighted by Gasteiger charge is -2.18. The molecule has 0 aliphatic heterocycles. The minimum atomic E-state index is -0.639. The Balaban J connectivity index is 1.47. The van der Waals surface area contributed by atoms with Crippen molar-refractivity contribution in [1.29, 1.82) is 0 Å². The number of benzene rings is 3. The lowest BCUT2D eigenvalue weighted by Crippen LogP contribution is -2.32. The summed E-state index contributed by atoms with van der Waals surface area (Å²) in [4.78, 5) is 28.6. The van der Waals surface area contributed by atoms with E-state index in [1.807, 2.05) is 66.9 Å². The number of hydrogen-bond acceptors (Lipinski definition) is 3. The number of nitrogens with one attached hydrogen (secondary N) is 2.